The van der Waals surface area contributed by atoms with Crippen LogP contribution in [0.3, 0.4) is 0 Å². The Morgan fingerprint density at radius 1 is 1.25 bits per heavy atom. The van der Waals surface area contributed by atoms with E-state index in [1.165, 1.54) is 4.31 Å². The summed E-state index contributed by atoms with van der Waals surface area (Å²) in [4.78, 5) is 23.0. The number of hydrogen-bond acceptors (Lipinski definition) is 6. The van der Waals surface area contributed by atoms with Gasteiger partial charge in [-0.2, -0.15) is 17.0 Å². The number of carbonyl (C=O) groups is 1. The Labute approximate surface area is 167 Å². The van der Waals surface area contributed by atoms with E-state index >= 15 is 0 Å². The fourth-order valence-corrected chi connectivity index (χ4v) is 5.64. The first kappa shape index (κ1) is 20.9. The highest BCUT2D eigenvalue weighted by Crippen LogP contribution is 2.31. The highest BCUT2D eigenvalue weighted by atomic mass is 32.2. The van der Waals surface area contributed by atoms with Crippen molar-refractivity contribution < 1.29 is 13.2 Å². The first-order chi connectivity index (χ1) is 13.3. The fraction of sp³-hybridized carbons (Fsp3) is 0.722. The predicted molar refractivity (Wildman–Crippen MR) is 107 cm³/mol. The molecule has 10 heteroatoms. The summed E-state index contributed by atoms with van der Waals surface area (Å²) in [6, 6.07) is 0. The van der Waals surface area contributed by atoms with Gasteiger partial charge in [0.25, 0.3) is 10.2 Å². The Morgan fingerprint density at radius 2 is 1.96 bits per heavy atom. The molecule has 0 aliphatic carbocycles. The standard InChI is InChI=1S/C18H30N6O3S/c1-5-23(6-2)28(26,27)24-10-7-14(11-24)17-20-16-8-9-22(13(3)25)12-15(16)18(19-4)21-17/h14H,5-12H2,1-4H3,(H,19,20,21)/t14-/m1/s1. The van der Waals surface area contributed by atoms with E-state index in [-0.39, 0.29) is 11.8 Å². The van der Waals surface area contributed by atoms with Crippen LogP contribution in [-0.2, 0) is 28.0 Å². The lowest BCUT2D eigenvalue weighted by molar-refractivity contribution is -0.129. The molecule has 0 saturated carbocycles. The molecule has 28 heavy (non-hydrogen) atoms. The highest BCUT2D eigenvalue weighted by Gasteiger charge is 2.37. The van der Waals surface area contributed by atoms with Crippen LogP contribution in [-0.4, -0.2) is 77.6 Å². The Morgan fingerprint density at radius 3 is 2.57 bits per heavy atom. The van der Waals surface area contributed by atoms with Crippen LogP contribution >= 0.6 is 0 Å². The lowest BCUT2D eigenvalue weighted by atomic mass is 10.0. The second kappa shape index (κ2) is 8.30. The van der Waals surface area contributed by atoms with Gasteiger partial charge in [-0.1, -0.05) is 13.8 Å². The van der Waals surface area contributed by atoms with Crippen LogP contribution in [0.4, 0.5) is 5.82 Å². The molecule has 1 aromatic heterocycles. The Bertz CT molecular complexity index is 823. The van der Waals surface area contributed by atoms with E-state index in [2.05, 4.69) is 10.3 Å². The van der Waals surface area contributed by atoms with E-state index in [1.54, 1.807) is 16.1 Å². The summed E-state index contributed by atoms with van der Waals surface area (Å²) in [5.74, 6) is 1.45. The number of nitrogens with zero attached hydrogens (tertiary/aromatic N) is 5. The van der Waals surface area contributed by atoms with Crippen molar-refractivity contribution in [1.82, 2.24) is 23.5 Å². The lowest BCUT2D eigenvalue weighted by Crippen LogP contribution is -2.42. The van der Waals surface area contributed by atoms with E-state index < -0.39 is 10.2 Å². The van der Waals surface area contributed by atoms with E-state index in [0.717, 1.165) is 17.1 Å². The summed E-state index contributed by atoms with van der Waals surface area (Å²) in [5.41, 5.74) is 1.91. The normalized spacial score (nSPS) is 20.5. The molecule has 9 nitrogen and oxygen atoms in total. The van der Waals surface area contributed by atoms with E-state index in [9.17, 15) is 13.2 Å². The maximum Gasteiger partial charge on any atom is 0.281 e. The van der Waals surface area contributed by atoms with Crippen molar-refractivity contribution in [2.24, 2.45) is 0 Å². The molecule has 1 aromatic rings. The second-order valence-electron chi connectivity index (χ2n) is 7.23. The molecule has 156 valence electrons. The topological polar surface area (TPSA) is 98.7 Å². The number of nitrogens with one attached hydrogen (secondary N) is 1. The average molecular weight is 411 g/mol. The summed E-state index contributed by atoms with van der Waals surface area (Å²) < 4.78 is 28.6. The molecule has 0 unspecified atom stereocenters. The van der Waals surface area contributed by atoms with Gasteiger partial charge in [-0.25, -0.2) is 9.97 Å². The smallest absolute Gasteiger partial charge is 0.281 e. The maximum absolute atomic E-state index is 12.8. The number of amides is 1. The Kier molecular flexibility index (Phi) is 6.21. The molecule has 1 atom stereocenters. The largest absolute Gasteiger partial charge is 0.373 e. The zero-order chi connectivity index (χ0) is 20.5. The molecule has 2 aliphatic rings. The fourth-order valence-electron chi connectivity index (χ4n) is 3.95. The molecule has 0 bridgehead atoms. The van der Waals surface area contributed by atoms with E-state index in [0.29, 0.717) is 57.9 Å². The maximum atomic E-state index is 12.8. The molecule has 1 amide bonds. The van der Waals surface area contributed by atoms with Gasteiger partial charge in [0.1, 0.15) is 11.6 Å². The lowest BCUT2D eigenvalue weighted by Gasteiger charge is -2.29. The van der Waals surface area contributed by atoms with Crippen LogP contribution < -0.4 is 5.32 Å². The number of aromatic nitrogens is 2. The van der Waals surface area contributed by atoms with E-state index in [1.807, 2.05) is 20.9 Å². The van der Waals surface area contributed by atoms with Crippen LogP contribution in [0.25, 0.3) is 0 Å². The van der Waals surface area contributed by atoms with Gasteiger partial charge >= 0.3 is 0 Å². The van der Waals surface area contributed by atoms with Crippen molar-refractivity contribution >= 4 is 21.9 Å². The van der Waals surface area contributed by atoms with Gasteiger partial charge in [0.15, 0.2) is 0 Å². The minimum Gasteiger partial charge on any atom is -0.373 e. The van der Waals surface area contributed by atoms with Gasteiger partial charge in [0, 0.05) is 64.6 Å². The molecule has 0 spiro atoms. The van der Waals surface area contributed by atoms with Gasteiger partial charge in [0.05, 0.1) is 12.2 Å². The number of fused-ring (bicyclic) bond motifs is 1. The summed E-state index contributed by atoms with van der Waals surface area (Å²) in [6.07, 6.45) is 1.40. The number of hydrogen-bond donors (Lipinski definition) is 1. The number of anilines is 1. The van der Waals surface area contributed by atoms with Gasteiger partial charge in [-0.05, 0) is 6.42 Å². The zero-order valence-corrected chi connectivity index (χ0v) is 17.9. The van der Waals surface area contributed by atoms with Crippen LogP contribution in [0.1, 0.15) is 50.2 Å². The molecule has 0 radical (unpaired) electrons. The first-order valence-electron chi connectivity index (χ1n) is 9.89. The average Bonchev–Trinajstić information content (AvgIpc) is 3.18. The minimum atomic E-state index is -3.44. The van der Waals surface area contributed by atoms with Gasteiger partial charge in [-0.3, -0.25) is 4.79 Å². The van der Waals surface area contributed by atoms with Crippen LogP contribution in [0.5, 0.6) is 0 Å². The van der Waals surface area contributed by atoms with Crippen molar-refractivity contribution in [3.63, 3.8) is 0 Å². The molecule has 3 heterocycles. The summed E-state index contributed by atoms with van der Waals surface area (Å²) in [5, 5.41) is 3.13. The van der Waals surface area contributed by atoms with Crippen LogP contribution in [0.15, 0.2) is 0 Å². The van der Waals surface area contributed by atoms with Gasteiger partial charge < -0.3 is 10.2 Å². The third-order valence-corrected chi connectivity index (χ3v) is 7.79. The predicted octanol–water partition coefficient (Wildman–Crippen LogP) is 0.799. The molecule has 3 rings (SSSR count). The summed E-state index contributed by atoms with van der Waals surface area (Å²) >= 11 is 0. The second-order valence-corrected chi connectivity index (χ2v) is 9.16. The zero-order valence-electron chi connectivity index (χ0n) is 17.1. The minimum absolute atomic E-state index is 0.0198. The molecule has 1 fully saturated rings. The third kappa shape index (κ3) is 3.85. The van der Waals surface area contributed by atoms with Crippen molar-refractivity contribution in [2.45, 2.75) is 46.1 Å². The van der Waals surface area contributed by atoms with Crippen molar-refractivity contribution in [3.8, 4) is 0 Å². The van der Waals surface area contributed by atoms with Gasteiger partial charge in [0.2, 0.25) is 5.91 Å². The van der Waals surface area contributed by atoms with Gasteiger partial charge in [-0.15, -0.1) is 0 Å². The van der Waals surface area contributed by atoms with Crippen LogP contribution in [0.2, 0.25) is 0 Å². The summed E-state index contributed by atoms with van der Waals surface area (Å²) in [6.45, 7) is 8.25. The summed E-state index contributed by atoms with van der Waals surface area (Å²) in [7, 11) is -1.63. The molecular weight excluding hydrogens is 380 g/mol. The highest BCUT2D eigenvalue weighted by molar-refractivity contribution is 7.86. The molecule has 2 aliphatic heterocycles. The van der Waals surface area contributed by atoms with Crippen LogP contribution in [0, 0.1) is 0 Å². The third-order valence-electron chi connectivity index (χ3n) is 5.63. The Balaban J connectivity index is 1.83. The van der Waals surface area contributed by atoms with Crippen molar-refractivity contribution in [3.05, 3.63) is 17.1 Å². The monoisotopic (exact) mass is 410 g/mol. The number of carbonyl (C=O) groups excluding carboxylic acids is 1. The molecular formula is C18H30N6O3S. The Hall–Kier alpha value is -1.78. The molecule has 0 aromatic carbocycles. The SMILES string of the molecule is CCN(CC)S(=O)(=O)N1CC[C@@H](c2nc3c(c(NC)n2)CN(C(C)=O)CC3)C1. The number of rotatable bonds is 6. The molecule has 1 saturated heterocycles. The van der Waals surface area contributed by atoms with Crippen molar-refractivity contribution in [2.75, 3.05) is 45.1 Å². The molecule has 1 N–H and O–H groups in total. The van der Waals surface area contributed by atoms with E-state index in [4.69, 9.17) is 4.98 Å². The quantitative estimate of drug-likeness (QED) is 0.745. The first-order valence-corrected chi connectivity index (χ1v) is 11.3. The van der Waals surface area contributed by atoms with Crippen molar-refractivity contribution in [1.29, 1.82) is 0 Å².